The highest BCUT2D eigenvalue weighted by Crippen LogP contribution is 2.36. The maximum Gasteiger partial charge on any atom is 0.317 e. The van der Waals surface area contributed by atoms with Crippen LogP contribution in [0.1, 0.15) is 59.3 Å². The molecule has 4 N–H and O–H groups in total. The van der Waals surface area contributed by atoms with Crippen LogP contribution in [0.25, 0.3) is 0 Å². The van der Waals surface area contributed by atoms with E-state index in [0.29, 0.717) is 25.2 Å². The molecule has 0 radical (unpaired) electrons. The number of carbonyl (C=O) groups excluding carboxylic acids is 3. The largest absolute Gasteiger partial charge is 0.462 e. The molecule has 23 heavy (non-hydrogen) atoms. The lowest BCUT2D eigenvalue weighted by atomic mass is 10.0. The lowest BCUT2D eigenvalue weighted by Crippen LogP contribution is -2.36. The summed E-state index contributed by atoms with van der Waals surface area (Å²) in [5.74, 6) is -1.36. The topological polar surface area (TPSA) is 122 Å². The minimum Gasteiger partial charge on any atom is -0.462 e. The fourth-order valence-electron chi connectivity index (χ4n) is 2.25. The molecule has 1 amide bonds. The molecular formula is C16H28N2O5. The number of esters is 2. The van der Waals surface area contributed by atoms with Crippen LogP contribution in [-0.2, 0) is 23.9 Å². The van der Waals surface area contributed by atoms with Gasteiger partial charge in [-0.25, -0.2) is 0 Å². The van der Waals surface area contributed by atoms with Crippen molar-refractivity contribution in [2.45, 2.75) is 77.0 Å². The highest BCUT2D eigenvalue weighted by atomic mass is 16.6. The monoisotopic (exact) mass is 328 g/mol. The summed E-state index contributed by atoms with van der Waals surface area (Å²) in [6.07, 6.45) is 3.11. The lowest BCUT2D eigenvalue weighted by Gasteiger charge is -2.21. The van der Waals surface area contributed by atoms with Crippen LogP contribution in [0.15, 0.2) is 0 Å². The van der Waals surface area contributed by atoms with Crippen LogP contribution in [0.5, 0.6) is 0 Å². The first-order valence-corrected chi connectivity index (χ1v) is 8.04. The fourth-order valence-corrected chi connectivity index (χ4v) is 2.25. The molecular weight excluding hydrogens is 300 g/mol. The van der Waals surface area contributed by atoms with Crippen LogP contribution in [-0.4, -0.2) is 35.6 Å². The average Bonchev–Trinajstić information content (AvgIpc) is 3.18. The van der Waals surface area contributed by atoms with E-state index in [0.717, 1.165) is 12.8 Å². The van der Waals surface area contributed by atoms with Crippen LogP contribution in [0.3, 0.4) is 0 Å². The summed E-state index contributed by atoms with van der Waals surface area (Å²) in [4.78, 5) is 34.4. The van der Waals surface area contributed by atoms with Crippen molar-refractivity contribution < 1.29 is 23.9 Å². The number of ether oxygens (including phenoxy) is 2. The van der Waals surface area contributed by atoms with Crippen molar-refractivity contribution in [2.75, 3.05) is 0 Å². The van der Waals surface area contributed by atoms with Gasteiger partial charge in [0.25, 0.3) is 0 Å². The molecule has 0 aromatic carbocycles. The number of hydrogen-bond acceptors (Lipinski definition) is 6. The van der Waals surface area contributed by atoms with Gasteiger partial charge in [0.1, 0.15) is 18.1 Å². The normalized spacial score (nSPS) is 17.2. The van der Waals surface area contributed by atoms with Crippen molar-refractivity contribution in [3.05, 3.63) is 0 Å². The van der Waals surface area contributed by atoms with E-state index in [4.69, 9.17) is 20.9 Å². The first-order chi connectivity index (χ1) is 10.6. The van der Waals surface area contributed by atoms with Crippen LogP contribution in [0.4, 0.5) is 0 Å². The second-order valence-corrected chi connectivity index (χ2v) is 7.07. The number of nitrogens with two attached hydrogens (primary N) is 2. The smallest absolute Gasteiger partial charge is 0.317 e. The van der Waals surface area contributed by atoms with E-state index in [1.807, 2.05) is 0 Å². The third kappa shape index (κ3) is 8.54. The minimum atomic E-state index is -0.674. The number of carbonyl (C=O) groups is 3. The van der Waals surface area contributed by atoms with Gasteiger partial charge in [-0.15, -0.1) is 0 Å². The van der Waals surface area contributed by atoms with Gasteiger partial charge in [-0.2, -0.15) is 0 Å². The molecule has 132 valence electrons. The van der Waals surface area contributed by atoms with Crippen LogP contribution in [0, 0.1) is 5.92 Å². The lowest BCUT2D eigenvalue weighted by molar-refractivity contribution is -0.164. The average molecular weight is 328 g/mol. The number of amides is 1. The summed E-state index contributed by atoms with van der Waals surface area (Å²) in [5, 5.41) is 0. The molecule has 2 atom stereocenters. The van der Waals surface area contributed by atoms with Gasteiger partial charge in [-0.05, 0) is 58.8 Å². The summed E-state index contributed by atoms with van der Waals surface area (Å²) in [7, 11) is 0. The Kier molecular flexibility index (Phi) is 7.00. The van der Waals surface area contributed by atoms with Gasteiger partial charge in [0.2, 0.25) is 5.91 Å². The second kappa shape index (κ2) is 8.29. The van der Waals surface area contributed by atoms with Gasteiger partial charge in [-0.3, -0.25) is 14.4 Å². The van der Waals surface area contributed by atoms with E-state index in [1.165, 1.54) is 0 Å². The van der Waals surface area contributed by atoms with E-state index in [-0.39, 0.29) is 12.5 Å². The van der Waals surface area contributed by atoms with E-state index in [1.54, 1.807) is 20.8 Å². The maximum absolute atomic E-state index is 11.9. The zero-order valence-electron chi connectivity index (χ0n) is 14.2. The number of rotatable bonds is 9. The summed E-state index contributed by atoms with van der Waals surface area (Å²) < 4.78 is 10.5. The fraction of sp³-hybridized carbons (Fsp3) is 0.812. The Labute approximate surface area is 137 Å². The van der Waals surface area contributed by atoms with Gasteiger partial charge in [0.15, 0.2) is 0 Å². The highest BCUT2D eigenvalue weighted by Gasteiger charge is 2.34. The van der Waals surface area contributed by atoms with E-state index >= 15 is 0 Å². The summed E-state index contributed by atoms with van der Waals surface area (Å²) in [5.41, 5.74) is 10.1. The van der Waals surface area contributed by atoms with Crippen molar-refractivity contribution in [1.29, 1.82) is 0 Å². The van der Waals surface area contributed by atoms with Gasteiger partial charge >= 0.3 is 11.9 Å². The third-order valence-corrected chi connectivity index (χ3v) is 3.51. The molecule has 0 saturated heterocycles. The summed E-state index contributed by atoms with van der Waals surface area (Å²) >= 11 is 0. The third-order valence-electron chi connectivity index (χ3n) is 3.51. The zero-order valence-corrected chi connectivity index (χ0v) is 14.2. The van der Waals surface area contributed by atoms with Crippen molar-refractivity contribution in [3.63, 3.8) is 0 Å². The minimum absolute atomic E-state index is 0.231. The zero-order chi connectivity index (χ0) is 17.6. The molecule has 7 nitrogen and oxygen atoms in total. The summed E-state index contributed by atoms with van der Waals surface area (Å²) in [6.45, 7) is 5.22. The Morgan fingerprint density at radius 2 is 1.74 bits per heavy atom. The number of primary amides is 1. The quantitative estimate of drug-likeness (QED) is 0.481. The number of hydrogen-bond donors (Lipinski definition) is 2. The highest BCUT2D eigenvalue weighted by molar-refractivity contribution is 5.91. The molecule has 1 saturated carbocycles. The van der Waals surface area contributed by atoms with Gasteiger partial charge in [-0.1, -0.05) is 0 Å². The molecule has 7 heteroatoms. The predicted octanol–water partition coefficient (Wildman–Crippen LogP) is 1.02. The first-order valence-electron chi connectivity index (χ1n) is 8.04. The second-order valence-electron chi connectivity index (χ2n) is 7.07. The Morgan fingerprint density at radius 1 is 1.13 bits per heavy atom. The van der Waals surface area contributed by atoms with Crippen molar-refractivity contribution >= 4 is 17.8 Å². The van der Waals surface area contributed by atoms with E-state index in [2.05, 4.69) is 0 Å². The molecule has 1 aliphatic carbocycles. The Morgan fingerprint density at radius 3 is 2.22 bits per heavy atom. The van der Waals surface area contributed by atoms with Crippen LogP contribution >= 0.6 is 0 Å². The molecule has 0 bridgehead atoms. The van der Waals surface area contributed by atoms with E-state index in [9.17, 15) is 14.4 Å². The molecule has 1 rings (SSSR count). The van der Waals surface area contributed by atoms with Crippen molar-refractivity contribution in [1.82, 2.24) is 0 Å². The van der Waals surface area contributed by atoms with Crippen molar-refractivity contribution in [2.24, 2.45) is 17.4 Å². The Hall–Kier alpha value is -1.63. The molecule has 2 unspecified atom stereocenters. The molecule has 0 aromatic rings. The molecule has 0 aliphatic heterocycles. The standard InChI is InChI=1S/C16H28N2O5/c1-16(2,3)23-14(20)9-13(19)22-12(10-7-8-10)6-4-5-11(17)15(18)21/h10-12H,4-9,17H2,1-3H3,(H2,18,21). The van der Waals surface area contributed by atoms with E-state index < -0.39 is 29.5 Å². The summed E-state index contributed by atoms with van der Waals surface area (Å²) in [6, 6.07) is -0.674. The van der Waals surface area contributed by atoms with Crippen LogP contribution < -0.4 is 11.5 Å². The van der Waals surface area contributed by atoms with Gasteiger partial charge in [0, 0.05) is 0 Å². The SMILES string of the molecule is CC(C)(C)OC(=O)CC(=O)OC(CCCC(N)C(N)=O)C1CC1. The van der Waals surface area contributed by atoms with Gasteiger partial charge < -0.3 is 20.9 Å². The van der Waals surface area contributed by atoms with Crippen molar-refractivity contribution in [3.8, 4) is 0 Å². The molecule has 1 fully saturated rings. The molecule has 0 heterocycles. The molecule has 0 aromatic heterocycles. The molecule has 1 aliphatic rings. The predicted molar refractivity (Wildman–Crippen MR) is 84.1 cm³/mol. The first kappa shape index (κ1) is 19.4. The maximum atomic E-state index is 11.9. The Balaban J connectivity index is 2.36. The molecule has 0 spiro atoms. The Bertz CT molecular complexity index is 440. The van der Waals surface area contributed by atoms with Gasteiger partial charge in [0.05, 0.1) is 6.04 Å². The van der Waals surface area contributed by atoms with Crippen LogP contribution in [0.2, 0.25) is 0 Å².